The summed E-state index contributed by atoms with van der Waals surface area (Å²) in [6, 6.07) is 1.37. The summed E-state index contributed by atoms with van der Waals surface area (Å²) in [7, 11) is -0.871. The molecule has 1 rings (SSSR count). The maximum absolute atomic E-state index is 10.8. The van der Waals surface area contributed by atoms with Crippen molar-refractivity contribution in [2.24, 2.45) is 0 Å². The van der Waals surface area contributed by atoms with Crippen molar-refractivity contribution in [2.45, 2.75) is 0 Å². The van der Waals surface area contributed by atoms with Crippen LogP contribution < -0.4 is 5.32 Å². The van der Waals surface area contributed by atoms with Crippen LogP contribution in [-0.2, 0) is 10.8 Å². The number of hydrogen-bond donors (Lipinski definition) is 1. The Morgan fingerprint density at radius 2 is 2.38 bits per heavy atom. The van der Waals surface area contributed by atoms with Crippen LogP contribution in [0, 0.1) is 10.1 Å². The predicted molar refractivity (Wildman–Crippen MR) is 66.0 cm³/mol. The summed E-state index contributed by atoms with van der Waals surface area (Å²) in [5.74, 6) is 1.02. The monoisotopic (exact) mass is 307 g/mol. The van der Waals surface area contributed by atoms with E-state index in [0.29, 0.717) is 22.6 Å². The molecule has 16 heavy (non-hydrogen) atoms. The van der Waals surface area contributed by atoms with Crippen LogP contribution in [0.15, 0.2) is 16.7 Å². The molecule has 0 amide bonds. The third-order valence-corrected chi connectivity index (χ3v) is 3.10. The molecule has 0 aliphatic carbocycles. The zero-order chi connectivity index (χ0) is 12.1. The second kappa shape index (κ2) is 5.90. The van der Waals surface area contributed by atoms with E-state index in [-0.39, 0.29) is 5.69 Å². The van der Waals surface area contributed by atoms with Gasteiger partial charge in [0.2, 0.25) is 0 Å². The van der Waals surface area contributed by atoms with Crippen molar-refractivity contribution < 1.29 is 9.13 Å². The molecule has 1 heterocycles. The van der Waals surface area contributed by atoms with Crippen molar-refractivity contribution in [3.8, 4) is 0 Å². The minimum Gasteiger partial charge on any atom is -0.368 e. The van der Waals surface area contributed by atoms with E-state index in [1.54, 1.807) is 6.26 Å². The van der Waals surface area contributed by atoms with Crippen LogP contribution in [0.2, 0.25) is 0 Å². The lowest BCUT2D eigenvalue weighted by atomic mass is 10.4. The molecule has 0 aromatic carbocycles. The highest BCUT2D eigenvalue weighted by atomic mass is 79.9. The standard InChI is InChI=1S/C8H10BrN3O3S/c1-16(15)3-2-10-8-7(9)4-6(5-11-8)12(13)14/h4-5H,2-3H2,1H3,(H,10,11). The van der Waals surface area contributed by atoms with Crippen molar-refractivity contribution >= 4 is 38.2 Å². The Labute approximate surface area is 103 Å². The van der Waals surface area contributed by atoms with Crippen LogP contribution >= 0.6 is 15.9 Å². The van der Waals surface area contributed by atoms with E-state index < -0.39 is 15.7 Å². The summed E-state index contributed by atoms with van der Waals surface area (Å²) < 4.78 is 11.3. The van der Waals surface area contributed by atoms with Crippen LogP contribution in [0.3, 0.4) is 0 Å². The third kappa shape index (κ3) is 3.86. The van der Waals surface area contributed by atoms with E-state index in [1.165, 1.54) is 12.3 Å². The van der Waals surface area contributed by atoms with Gasteiger partial charge in [-0.05, 0) is 15.9 Å². The molecule has 0 saturated heterocycles. The molecule has 0 aliphatic rings. The first kappa shape index (κ1) is 13.0. The third-order valence-electron chi connectivity index (χ3n) is 1.72. The van der Waals surface area contributed by atoms with E-state index in [4.69, 9.17) is 0 Å². The van der Waals surface area contributed by atoms with Crippen molar-refractivity contribution in [1.82, 2.24) is 4.98 Å². The van der Waals surface area contributed by atoms with E-state index in [1.807, 2.05) is 0 Å². The molecule has 6 nitrogen and oxygen atoms in total. The molecule has 8 heteroatoms. The first-order valence-corrected chi connectivity index (χ1v) is 6.86. The van der Waals surface area contributed by atoms with Crippen molar-refractivity contribution in [2.75, 3.05) is 23.9 Å². The Morgan fingerprint density at radius 1 is 1.69 bits per heavy atom. The van der Waals surface area contributed by atoms with Crippen LogP contribution in [0.5, 0.6) is 0 Å². The first-order valence-electron chi connectivity index (χ1n) is 4.34. The fraction of sp³-hybridized carbons (Fsp3) is 0.375. The lowest BCUT2D eigenvalue weighted by Crippen LogP contribution is -2.11. The van der Waals surface area contributed by atoms with E-state index in [2.05, 4.69) is 26.2 Å². The highest BCUT2D eigenvalue weighted by Gasteiger charge is 2.09. The molecule has 88 valence electrons. The smallest absolute Gasteiger partial charge is 0.288 e. The second-order valence-electron chi connectivity index (χ2n) is 2.99. The topological polar surface area (TPSA) is 85.1 Å². The normalized spacial score (nSPS) is 12.1. The molecule has 1 N–H and O–H groups in total. The minimum atomic E-state index is -0.871. The lowest BCUT2D eigenvalue weighted by molar-refractivity contribution is -0.385. The number of hydrogen-bond acceptors (Lipinski definition) is 5. The number of nitro groups is 1. The van der Waals surface area contributed by atoms with Gasteiger partial charge in [0.1, 0.15) is 12.0 Å². The Hall–Kier alpha value is -1.02. The molecule has 1 atom stereocenters. The van der Waals surface area contributed by atoms with Crippen LogP contribution in [0.25, 0.3) is 0 Å². The van der Waals surface area contributed by atoms with Gasteiger partial charge in [-0.2, -0.15) is 0 Å². The van der Waals surface area contributed by atoms with Crippen molar-refractivity contribution in [3.63, 3.8) is 0 Å². The Bertz CT molecular complexity index is 427. The van der Waals surface area contributed by atoms with E-state index in [0.717, 1.165) is 0 Å². The number of nitrogens with one attached hydrogen (secondary N) is 1. The molecule has 0 bridgehead atoms. The van der Waals surface area contributed by atoms with Gasteiger partial charge in [-0.3, -0.25) is 14.3 Å². The van der Waals surface area contributed by atoms with Gasteiger partial charge in [0.05, 0.1) is 9.40 Å². The predicted octanol–water partition coefficient (Wildman–Crippen LogP) is 1.54. The van der Waals surface area contributed by atoms with Gasteiger partial charge in [-0.1, -0.05) is 0 Å². The molecule has 1 aromatic heterocycles. The summed E-state index contributed by atoms with van der Waals surface area (Å²) in [5, 5.41) is 13.4. The highest BCUT2D eigenvalue weighted by molar-refractivity contribution is 9.10. The highest BCUT2D eigenvalue weighted by Crippen LogP contribution is 2.23. The molecule has 1 aromatic rings. The van der Waals surface area contributed by atoms with Gasteiger partial charge < -0.3 is 5.32 Å². The number of nitrogens with zero attached hydrogens (tertiary/aromatic N) is 2. The van der Waals surface area contributed by atoms with Crippen molar-refractivity contribution in [1.29, 1.82) is 0 Å². The zero-order valence-corrected chi connectivity index (χ0v) is 10.9. The number of aromatic nitrogens is 1. The van der Waals surface area contributed by atoms with Crippen molar-refractivity contribution in [3.05, 3.63) is 26.9 Å². The Morgan fingerprint density at radius 3 is 2.88 bits per heavy atom. The second-order valence-corrected chi connectivity index (χ2v) is 5.39. The van der Waals surface area contributed by atoms with Gasteiger partial charge in [0.15, 0.2) is 0 Å². The number of anilines is 1. The van der Waals surface area contributed by atoms with E-state index in [9.17, 15) is 14.3 Å². The molecule has 0 saturated carbocycles. The Kier molecular flexibility index (Phi) is 4.81. The quantitative estimate of drug-likeness (QED) is 0.659. The summed E-state index contributed by atoms with van der Waals surface area (Å²) in [6.45, 7) is 0.506. The van der Waals surface area contributed by atoms with Gasteiger partial charge in [0.25, 0.3) is 5.69 Å². The largest absolute Gasteiger partial charge is 0.368 e. The van der Waals surface area contributed by atoms with Crippen LogP contribution in [0.4, 0.5) is 11.5 Å². The summed E-state index contributed by atoms with van der Waals surface area (Å²) in [4.78, 5) is 13.8. The fourth-order valence-corrected chi connectivity index (χ4v) is 1.84. The molecule has 0 spiro atoms. The molecule has 1 unspecified atom stereocenters. The lowest BCUT2D eigenvalue weighted by Gasteiger charge is -2.05. The SMILES string of the molecule is CS(=O)CCNc1ncc([N+](=O)[O-])cc1Br. The van der Waals surface area contributed by atoms with E-state index >= 15 is 0 Å². The van der Waals surface area contributed by atoms with Gasteiger partial charge in [0, 0.05) is 35.4 Å². The zero-order valence-electron chi connectivity index (χ0n) is 8.47. The maximum Gasteiger partial charge on any atom is 0.288 e. The molecule has 0 fully saturated rings. The average molecular weight is 308 g/mol. The summed E-state index contributed by atoms with van der Waals surface area (Å²) in [6.07, 6.45) is 2.79. The average Bonchev–Trinajstić information content (AvgIpc) is 2.19. The van der Waals surface area contributed by atoms with Gasteiger partial charge in [-0.15, -0.1) is 0 Å². The minimum absolute atomic E-state index is 0.0727. The number of rotatable bonds is 5. The number of pyridine rings is 1. The summed E-state index contributed by atoms with van der Waals surface area (Å²) >= 11 is 3.18. The first-order chi connectivity index (χ1) is 7.50. The van der Waals surface area contributed by atoms with Gasteiger partial charge in [-0.25, -0.2) is 4.98 Å². The fourth-order valence-electron chi connectivity index (χ4n) is 0.971. The molecule has 0 aliphatic heterocycles. The number of halogens is 1. The molecule has 0 radical (unpaired) electrons. The molecular formula is C8H10BrN3O3S. The Balaban J connectivity index is 2.68. The van der Waals surface area contributed by atoms with Crippen LogP contribution in [-0.4, -0.2) is 32.7 Å². The molecular weight excluding hydrogens is 298 g/mol. The van der Waals surface area contributed by atoms with Gasteiger partial charge >= 0.3 is 0 Å². The van der Waals surface area contributed by atoms with Crippen LogP contribution in [0.1, 0.15) is 0 Å². The summed E-state index contributed by atoms with van der Waals surface area (Å²) in [5.41, 5.74) is -0.0727. The maximum atomic E-state index is 10.8.